The molecule has 1 aliphatic carbocycles. The Morgan fingerprint density at radius 3 is 2.88 bits per heavy atom. The number of anilines is 1. The molecule has 1 aromatic rings. The van der Waals surface area contributed by atoms with Crippen LogP contribution in [-0.4, -0.2) is 16.4 Å². The van der Waals surface area contributed by atoms with Gasteiger partial charge in [-0.2, -0.15) is 0 Å². The fraction of sp³-hybridized carbons (Fsp3) is 0.545. The Hall–Kier alpha value is -0.350. The molecule has 2 unspecified atom stereocenters. The predicted octanol–water partition coefficient (Wildman–Crippen LogP) is 3.95. The second-order valence-corrected chi connectivity index (χ2v) is 5.51. The van der Waals surface area contributed by atoms with E-state index in [1.165, 1.54) is 6.07 Å². The average molecular weight is 308 g/mol. The van der Waals surface area contributed by atoms with E-state index >= 15 is 0 Å². The lowest BCUT2D eigenvalue weighted by atomic mass is 9.95. The molecule has 88 valence electrons. The van der Waals surface area contributed by atoms with Crippen molar-refractivity contribution in [2.75, 3.05) is 5.32 Å². The molecule has 1 saturated carbocycles. The van der Waals surface area contributed by atoms with Gasteiger partial charge in [-0.15, -0.1) is 11.6 Å². The molecule has 5 heteroatoms. The Bertz CT molecular complexity index is 375. The molecule has 1 aliphatic rings. The molecule has 0 amide bonds. The highest BCUT2D eigenvalue weighted by Gasteiger charge is 2.24. The van der Waals surface area contributed by atoms with Gasteiger partial charge in [-0.3, -0.25) is 0 Å². The number of pyridine rings is 1. The van der Waals surface area contributed by atoms with Gasteiger partial charge in [0.15, 0.2) is 11.6 Å². The summed E-state index contributed by atoms with van der Waals surface area (Å²) in [6.45, 7) is 0. The zero-order chi connectivity index (χ0) is 11.5. The van der Waals surface area contributed by atoms with E-state index in [2.05, 4.69) is 26.2 Å². The summed E-state index contributed by atoms with van der Waals surface area (Å²) in [4.78, 5) is 4.01. The number of hydrogen-bond acceptors (Lipinski definition) is 2. The van der Waals surface area contributed by atoms with Gasteiger partial charge in [-0.1, -0.05) is 12.8 Å². The van der Waals surface area contributed by atoms with Crippen LogP contribution < -0.4 is 5.32 Å². The first-order valence-corrected chi connectivity index (χ1v) is 6.61. The topological polar surface area (TPSA) is 24.9 Å². The van der Waals surface area contributed by atoms with Crippen LogP contribution in [0.1, 0.15) is 25.7 Å². The molecule has 0 saturated heterocycles. The molecule has 2 nitrogen and oxygen atoms in total. The number of aromatic nitrogens is 1. The smallest absolute Gasteiger partial charge is 0.166 e. The summed E-state index contributed by atoms with van der Waals surface area (Å²) in [7, 11) is 0. The summed E-state index contributed by atoms with van der Waals surface area (Å²) in [5.74, 6) is -0.0513. The van der Waals surface area contributed by atoms with E-state index in [1.807, 2.05) is 0 Å². The van der Waals surface area contributed by atoms with Gasteiger partial charge in [0.05, 0.1) is 5.38 Å². The predicted molar refractivity (Wildman–Crippen MR) is 67.4 cm³/mol. The fourth-order valence-corrected chi connectivity index (χ4v) is 2.59. The first-order chi connectivity index (χ1) is 7.66. The Morgan fingerprint density at radius 2 is 2.19 bits per heavy atom. The summed E-state index contributed by atoms with van der Waals surface area (Å²) in [5.41, 5.74) is 0. The summed E-state index contributed by atoms with van der Waals surface area (Å²) in [6.07, 6.45) is 5.84. The molecule has 2 atom stereocenters. The Balaban J connectivity index is 2.07. The summed E-state index contributed by atoms with van der Waals surface area (Å²) < 4.78 is 14.2. The van der Waals surface area contributed by atoms with Crippen LogP contribution in [0.2, 0.25) is 0 Å². The van der Waals surface area contributed by atoms with Crippen LogP contribution in [0.5, 0.6) is 0 Å². The minimum absolute atomic E-state index is 0.0681. The number of hydrogen-bond donors (Lipinski definition) is 1. The van der Waals surface area contributed by atoms with Crippen LogP contribution in [0.15, 0.2) is 16.7 Å². The van der Waals surface area contributed by atoms with E-state index in [4.69, 9.17) is 11.6 Å². The van der Waals surface area contributed by atoms with Gasteiger partial charge in [0.25, 0.3) is 0 Å². The lowest BCUT2D eigenvalue weighted by Gasteiger charge is -2.28. The molecule has 16 heavy (non-hydrogen) atoms. The standard InChI is InChI=1S/C11H13BrClFN2/c12-7-5-9(14)11(15-6-7)16-10-4-2-1-3-8(10)13/h5-6,8,10H,1-4H2,(H,15,16). The second-order valence-electron chi connectivity index (χ2n) is 4.04. The number of nitrogens with one attached hydrogen (secondary N) is 1. The first kappa shape index (κ1) is 12.1. The second kappa shape index (κ2) is 5.32. The molecular formula is C11H13BrClFN2. The zero-order valence-electron chi connectivity index (χ0n) is 8.72. The molecule has 0 spiro atoms. The summed E-state index contributed by atoms with van der Waals surface area (Å²) in [5, 5.41) is 3.16. The van der Waals surface area contributed by atoms with Crippen molar-refractivity contribution >= 4 is 33.3 Å². The van der Waals surface area contributed by atoms with Gasteiger partial charge in [-0.25, -0.2) is 9.37 Å². The zero-order valence-corrected chi connectivity index (χ0v) is 11.1. The Kier molecular flexibility index (Phi) is 4.03. The van der Waals surface area contributed by atoms with Gasteiger partial charge in [0, 0.05) is 16.7 Å². The molecular weight excluding hydrogens is 294 g/mol. The van der Waals surface area contributed by atoms with E-state index in [0.29, 0.717) is 10.3 Å². The Labute approximate surface area is 108 Å². The quantitative estimate of drug-likeness (QED) is 0.837. The van der Waals surface area contributed by atoms with E-state index < -0.39 is 0 Å². The van der Waals surface area contributed by atoms with Crippen LogP contribution in [0.4, 0.5) is 10.2 Å². The molecule has 1 heterocycles. The van der Waals surface area contributed by atoms with Crippen molar-refractivity contribution in [2.45, 2.75) is 37.1 Å². The summed E-state index contributed by atoms with van der Waals surface area (Å²) in [6, 6.07) is 1.53. The van der Waals surface area contributed by atoms with Crippen LogP contribution in [-0.2, 0) is 0 Å². The van der Waals surface area contributed by atoms with Gasteiger partial charge in [-0.05, 0) is 34.8 Å². The minimum atomic E-state index is -0.344. The molecule has 1 fully saturated rings. The van der Waals surface area contributed by atoms with Gasteiger partial charge < -0.3 is 5.32 Å². The maximum absolute atomic E-state index is 13.5. The maximum atomic E-state index is 13.5. The van der Waals surface area contributed by atoms with E-state index in [0.717, 1.165) is 25.7 Å². The molecule has 0 aromatic carbocycles. The Morgan fingerprint density at radius 1 is 1.44 bits per heavy atom. The van der Waals surface area contributed by atoms with Crippen molar-refractivity contribution in [3.8, 4) is 0 Å². The van der Waals surface area contributed by atoms with Crippen LogP contribution in [0, 0.1) is 5.82 Å². The lowest BCUT2D eigenvalue weighted by Crippen LogP contribution is -2.33. The molecule has 2 rings (SSSR count). The van der Waals surface area contributed by atoms with E-state index in [-0.39, 0.29) is 17.2 Å². The highest BCUT2D eigenvalue weighted by molar-refractivity contribution is 9.10. The molecule has 1 N–H and O–H groups in total. The highest BCUT2D eigenvalue weighted by Crippen LogP contribution is 2.26. The highest BCUT2D eigenvalue weighted by atomic mass is 79.9. The van der Waals surface area contributed by atoms with Crippen LogP contribution in [0.25, 0.3) is 0 Å². The van der Waals surface area contributed by atoms with Crippen molar-refractivity contribution in [1.29, 1.82) is 0 Å². The van der Waals surface area contributed by atoms with Gasteiger partial charge >= 0.3 is 0 Å². The van der Waals surface area contributed by atoms with Crippen molar-refractivity contribution in [3.05, 3.63) is 22.6 Å². The monoisotopic (exact) mass is 306 g/mol. The van der Waals surface area contributed by atoms with Crippen LogP contribution in [0.3, 0.4) is 0 Å². The number of halogens is 3. The van der Waals surface area contributed by atoms with E-state index in [9.17, 15) is 4.39 Å². The first-order valence-electron chi connectivity index (χ1n) is 5.38. The third-order valence-corrected chi connectivity index (χ3v) is 3.77. The van der Waals surface area contributed by atoms with Crippen LogP contribution >= 0.6 is 27.5 Å². The molecule has 0 radical (unpaired) electrons. The largest absolute Gasteiger partial charge is 0.363 e. The van der Waals surface area contributed by atoms with Crippen molar-refractivity contribution in [2.24, 2.45) is 0 Å². The summed E-state index contributed by atoms with van der Waals surface area (Å²) >= 11 is 9.37. The number of alkyl halides is 1. The van der Waals surface area contributed by atoms with Crippen molar-refractivity contribution in [1.82, 2.24) is 4.98 Å². The van der Waals surface area contributed by atoms with Gasteiger partial charge in [0.1, 0.15) is 0 Å². The SMILES string of the molecule is Fc1cc(Br)cnc1NC1CCCCC1Cl. The third kappa shape index (κ3) is 2.86. The molecule has 1 aromatic heterocycles. The van der Waals surface area contributed by atoms with E-state index in [1.54, 1.807) is 6.20 Å². The van der Waals surface area contributed by atoms with Crippen molar-refractivity contribution < 1.29 is 4.39 Å². The number of nitrogens with zero attached hydrogens (tertiary/aromatic N) is 1. The fourth-order valence-electron chi connectivity index (χ4n) is 1.94. The third-order valence-electron chi connectivity index (χ3n) is 2.81. The normalized spacial score (nSPS) is 25.4. The van der Waals surface area contributed by atoms with Gasteiger partial charge in [0.2, 0.25) is 0 Å². The van der Waals surface area contributed by atoms with Crippen molar-refractivity contribution in [3.63, 3.8) is 0 Å². The molecule has 0 bridgehead atoms. The minimum Gasteiger partial charge on any atom is -0.363 e. The lowest BCUT2D eigenvalue weighted by molar-refractivity contribution is 0.466. The molecule has 0 aliphatic heterocycles. The maximum Gasteiger partial charge on any atom is 0.166 e. The number of rotatable bonds is 2. The average Bonchev–Trinajstić information content (AvgIpc) is 2.25.